The number of allylic oxidation sites excluding steroid dienone is 1. The Balaban J connectivity index is 0.964. The van der Waals surface area contributed by atoms with E-state index in [1.165, 1.54) is 128 Å². The molecule has 0 heterocycles. The molecular formula is C69H62N2. The number of benzene rings is 9. The predicted octanol–water partition coefficient (Wildman–Crippen LogP) is 18.0. The summed E-state index contributed by atoms with van der Waals surface area (Å²) in [5.74, 6) is 0. The van der Waals surface area contributed by atoms with Crippen LogP contribution in [0.2, 0.25) is 0 Å². The molecule has 0 fully saturated rings. The highest BCUT2D eigenvalue weighted by molar-refractivity contribution is 5.99. The van der Waals surface area contributed by atoms with E-state index in [-0.39, 0.29) is 5.41 Å². The highest BCUT2D eigenvalue weighted by atomic mass is 15.2. The zero-order valence-electron chi connectivity index (χ0n) is 40.9. The Labute approximate surface area is 421 Å². The first-order chi connectivity index (χ1) is 35.2. The summed E-state index contributed by atoms with van der Waals surface area (Å²) in [5, 5.41) is 2.50. The molecule has 0 amide bonds. The first-order valence-electron chi connectivity index (χ1n) is 26.6. The van der Waals surface area contributed by atoms with E-state index >= 15 is 0 Å². The van der Waals surface area contributed by atoms with Crippen LogP contribution < -0.4 is 9.80 Å². The summed E-state index contributed by atoms with van der Waals surface area (Å²) in [6.45, 7) is 0. The fourth-order valence-electron chi connectivity index (χ4n) is 12.8. The molecule has 71 heavy (non-hydrogen) atoms. The normalized spacial score (nSPS) is 14.4. The number of fused-ring (bicyclic) bond motifs is 7. The van der Waals surface area contributed by atoms with Gasteiger partial charge in [-0.25, -0.2) is 0 Å². The number of rotatable bonds is 16. The Morgan fingerprint density at radius 3 is 1.52 bits per heavy atom. The third-order valence-corrected chi connectivity index (χ3v) is 16.7. The van der Waals surface area contributed by atoms with Gasteiger partial charge in [0.05, 0.1) is 5.69 Å². The molecule has 0 atom stereocenters. The van der Waals surface area contributed by atoms with Gasteiger partial charge < -0.3 is 9.80 Å². The highest BCUT2D eigenvalue weighted by Gasteiger charge is 2.43. The molecule has 0 aromatic heterocycles. The number of unbranched alkanes of at least 4 members (excludes halogenated alkanes) is 2. The first-order valence-corrected chi connectivity index (χ1v) is 26.6. The lowest BCUT2D eigenvalue weighted by atomic mass is 9.70. The molecule has 0 spiro atoms. The predicted molar refractivity (Wildman–Crippen MR) is 300 cm³/mol. The molecule has 4 aliphatic rings. The van der Waals surface area contributed by atoms with Gasteiger partial charge in [-0.2, -0.15) is 0 Å². The molecule has 2 nitrogen and oxygen atoms in total. The van der Waals surface area contributed by atoms with Crippen molar-refractivity contribution >= 4 is 51.0 Å². The van der Waals surface area contributed by atoms with Crippen LogP contribution in [0.3, 0.4) is 0 Å². The third kappa shape index (κ3) is 8.08. The average Bonchev–Trinajstić information content (AvgIpc) is 3.67. The maximum absolute atomic E-state index is 2.63. The lowest BCUT2D eigenvalue weighted by molar-refractivity contribution is 0.407. The van der Waals surface area contributed by atoms with Gasteiger partial charge in [0.1, 0.15) is 0 Å². The Kier molecular flexibility index (Phi) is 11.5. The summed E-state index contributed by atoms with van der Waals surface area (Å²) in [4.78, 5) is 5.08. The standard InChI is InChI=1S/C69H62N2/c1-3-23-57(24-4-1)70(67-29-15-21-53-19-7-9-27-61(53)67)59-39-41-63-64-42-40-60(71(58-25-5-2-6-26-58)68-30-16-22-54-20-8-10-28-62(54)68)48-66(64)69(65(63)47-59,43-13-11-17-49-31-33-51-35-37-55(51)45-49)44-14-12-18-50-32-34-52-36-38-56(52)46-50/h1-9,15-16,19-27,29-34,39-42,45-48H,10-14,17-18,28,35-38,43-44H2. The summed E-state index contributed by atoms with van der Waals surface area (Å²) >= 11 is 0. The number of hydrogen-bond donors (Lipinski definition) is 0. The maximum Gasteiger partial charge on any atom is 0.0540 e. The monoisotopic (exact) mass is 918 g/mol. The highest BCUT2D eigenvalue weighted by Crippen LogP contribution is 2.57. The second-order valence-corrected chi connectivity index (χ2v) is 20.8. The van der Waals surface area contributed by atoms with Gasteiger partial charge in [0.15, 0.2) is 0 Å². The fourth-order valence-corrected chi connectivity index (χ4v) is 12.8. The van der Waals surface area contributed by atoms with E-state index in [9.17, 15) is 0 Å². The van der Waals surface area contributed by atoms with Crippen LogP contribution in [0.1, 0.15) is 101 Å². The van der Waals surface area contributed by atoms with Crippen LogP contribution in [-0.2, 0) is 50.4 Å². The second-order valence-electron chi connectivity index (χ2n) is 20.8. The second kappa shape index (κ2) is 18.7. The van der Waals surface area contributed by atoms with Crippen molar-refractivity contribution in [1.82, 2.24) is 0 Å². The topological polar surface area (TPSA) is 6.48 Å². The molecule has 2 heteroatoms. The minimum absolute atomic E-state index is 0.195. The molecule has 0 saturated heterocycles. The molecule has 0 unspecified atom stereocenters. The van der Waals surface area contributed by atoms with Gasteiger partial charge in [0, 0.05) is 39.2 Å². The molecule has 0 aliphatic heterocycles. The molecule has 4 aliphatic carbocycles. The van der Waals surface area contributed by atoms with Crippen LogP contribution >= 0.6 is 0 Å². The maximum atomic E-state index is 2.63. The Morgan fingerprint density at radius 1 is 0.394 bits per heavy atom. The van der Waals surface area contributed by atoms with E-state index in [1.807, 2.05) is 0 Å². The molecule has 9 aromatic rings. The van der Waals surface area contributed by atoms with E-state index in [4.69, 9.17) is 0 Å². The molecule has 9 aromatic carbocycles. The van der Waals surface area contributed by atoms with Crippen LogP contribution in [0.5, 0.6) is 0 Å². The Bertz CT molecular complexity index is 3380. The molecular weight excluding hydrogens is 857 g/mol. The quantitative estimate of drug-likeness (QED) is 0.0891. The first kappa shape index (κ1) is 43.6. The number of hydrogen-bond acceptors (Lipinski definition) is 2. The van der Waals surface area contributed by atoms with Gasteiger partial charge in [-0.15, -0.1) is 0 Å². The molecule has 0 bridgehead atoms. The van der Waals surface area contributed by atoms with E-state index in [0.717, 1.165) is 51.4 Å². The third-order valence-electron chi connectivity index (χ3n) is 16.7. The van der Waals surface area contributed by atoms with Gasteiger partial charge >= 0.3 is 0 Å². The van der Waals surface area contributed by atoms with E-state index < -0.39 is 0 Å². The summed E-state index contributed by atoms with van der Waals surface area (Å²) in [6, 6.07) is 74.3. The van der Waals surface area contributed by atoms with Crippen LogP contribution in [0.4, 0.5) is 34.1 Å². The summed E-state index contributed by atoms with van der Waals surface area (Å²) in [7, 11) is 0. The van der Waals surface area contributed by atoms with Crippen molar-refractivity contribution in [3.63, 3.8) is 0 Å². The van der Waals surface area contributed by atoms with Crippen molar-refractivity contribution in [3.8, 4) is 11.1 Å². The van der Waals surface area contributed by atoms with E-state index in [2.05, 4.69) is 216 Å². The van der Waals surface area contributed by atoms with Crippen molar-refractivity contribution in [2.75, 3.05) is 9.80 Å². The van der Waals surface area contributed by atoms with Gasteiger partial charge in [0.2, 0.25) is 0 Å². The Hall–Kier alpha value is -7.42. The molecule has 0 N–H and O–H groups in total. The van der Waals surface area contributed by atoms with Crippen LogP contribution in [0.15, 0.2) is 200 Å². The smallest absolute Gasteiger partial charge is 0.0540 e. The summed E-state index contributed by atoms with van der Waals surface area (Å²) < 4.78 is 0. The molecule has 13 rings (SSSR count). The largest absolute Gasteiger partial charge is 0.310 e. The van der Waals surface area contributed by atoms with Crippen molar-refractivity contribution in [3.05, 3.63) is 256 Å². The van der Waals surface area contributed by atoms with Crippen LogP contribution in [0.25, 0.3) is 28.0 Å². The van der Waals surface area contributed by atoms with Gasteiger partial charge in [-0.3, -0.25) is 0 Å². The van der Waals surface area contributed by atoms with Crippen molar-refractivity contribution in [2.45, 2.75) is 95.3 Å². The summed E-state index contributed by atoms with van der Waals surface area (Å²) in [5.41, 5.74) is 24.9. The molecule has 348 valence electrons. The van der Waals surface area contributed by atoms with Gasteiger partial charge in [-0.1, -0.05) is 158 Å². The van der Waals surface area contributed by atoms with Gasteiger partial charge in [-0.05, 0) is 210 Å². The lowest BCUT2D eigenvalue weighted by Crippen LogP contribution is -2.26. The fraction of sp³-hybridized carbons (Fsp3) is 0.217. The Morgan fingerprint density at radius 2 is 0.930 bits per heavy atom. The molecule has 0 radical (unpaired) electrons. The number of anilines is 6. The van der Waals surface area contributed by atoms with Crippen LogP contribution in [-0.4, -0.2) is 0 Å². The van der Waals surface area contributed by atoms with Gasteiger partial charge in [0.25, 0.3) is 0 Å². The minimum Gasteiger partial charge on any atom is -0.310 e. The van der Waals surface area contributed by atoms with Crippen molar-refractivity contribution in [1.29, 1.82) is 0 Å². The SMILES string of the molecule is C1=Cc2cccc(N(c3ccccc3)c3ccc4c(c3)C(CCCCc3ccc5c(c3)CC5)(CCCCc3ccc5c(c3)CC5)c3cc(N(c5ccccc5)c5cccc6ccccc56)ccc3-4)c2CC1. The lowest BCUT2D eigenvalue weighted by Gasteiger charge is -2.35. The zero-order chi connectivity index (χ0) is 47.1. The summed E-state index contributed by atoms with van der Waals surface area (Å²) in [6.07, 6.45) is 20.8. The molecule has 0 saturated carbocycles. The number of aryl methyl sites for hydroxylation is 6. The number of para-hydroxylation sites is 2. The van der Waals surface area contributed by atoms with Crippen molar-refractivity contribution < 1.29 is 0 Å². The average molecular weight is 919 g/mol. The number of nitrogens with zero attached hydrogens (tertiary/aromatic N) is 2. The minimum atomic E-state index is -0.195. The van der Waals surface area contributed by atoms with Crippen molar-refractivity contribution in [2.24, 2.45) is 0 Å². The van der Waals surface area contributed by atoms with E-state index in [0.29, 0.717) is 0 Å². The van der Waals surface area contributed by atoms with E-state index in [1.54, 1.807) is 22.3 Å². The van der Waals surface area contributed by atoms with Crippen LogP contribution in [0, 0.1) is 0 Å². The zero-order valence-corrected chi connectivity index (χ0v) is 40.9.